The van der Waals surface area contributed by atoms with Gasteiger partial charge in [-0.15, -0.1) is 0 Å². The molecule has 0 amide bonds. The summed E-state index contributed by atoms with van der Waals surface area (Å²) in [6.07, 6.45) is 0. The summed E-state index contributed by atoms with van der Waals surface area (Å²) in [6, 6.07) is 67.0. The van der Waals surface area contributed by atoms with Crippen LogP contribution in [0.4, 0.5) is 0 Å². The van der Waals surface area contributed by atoms with Gasteiger partial charge in [0.1, 0.15) is 0 Å². The first-order valence-corrected chi connectivity index (χ1v) is 17.4. The number of benzene rings is 9. The first-order valence-electron chi connectivity index (χ1n) is 17.4. The predicted molar refractivity (Wildman–Crippen MR) is 216 cm³/mol. The molecular formula is C50H36. The predicted octanol–water partition coefficient (Wildman–Crippen LogP) is 14.1. The van der Waals surface area contributed by atoms with Crippen molar-refractivity contribution in [2.75, 3.05) is 0 Å². The Hall–Kier alpha value is -6.24. The van der Waals surface area contributed by atoms with E-state index in [1.807, 2.05) is 0 Å². The van der Waals surface area contributed by atoms with E-state index in [0.717, 1.165) is 0 Å². The van der Waals surface area contributed by atoms with Gasteiger partial charge >= 0.3 is 0 Å². The summed E-state index contributed by atoms with van der Waals surface area (Å²) in [4.78, 5) is 0. The van der Waals surface area contributed by atoms with Gasteiger partial charge in [-0.3, -0.25) is 0 Å². The van der Waals surface area contributed by atoms with Crippen molar-refractivity contribution in [3.63, 3.8) is 0 Å². The minimum atomic E-state index is 1.21. The molecule has 9 aromatic rings. The average molecular weight is 637 g/mol. The third kappa shape index (κ3) is 5.18. The topological polar surface area (TPSA) is 0 Å². The third-order valence-corrected chi connectivity index (χ3v) is 10.2. The molecule has 9 rings (SSSR count). The molecule has 0 nitrogen and oxygen atoms in total. The fourth-order valence-corrected chi connectivity index (χ4v) is 7.77. The maximum absolute atomic E-state index is 2.41. The number of fused-ring (bicyclic) bond motifs is 3. The molecule has 0 unspecified atom stereocenters. The summed E-state index contributed by atoms with van der Waals surface area (Å²) in [6.45, 7) is 4.42. The Morgan fingerprint density at radius 1 is 0.260 bits per heavy atom. The quantitative estimate of drug-likeness (QED) is 0.165. The van der Waals surface area contributed by atoms with Gasteiger partial charge < -0.3 is 0 Å². The van der Waals surface area contributed by atoms with Crippen molar-refractivity contribution in [1.29, 1.82) is 0 Å². The number of rotatable bonds is 5. The Morgan fingerprint density at radius 3 is 1.28 bits per heavy atom. The summed E-state index contributed by atoms with van der Waals surface area (Å²) >= 11 is 0. The molecule has 0 aliphatic heterocycles. The fourth-order valence-electron chi connectivity index (χ4n) is 7.77. The van der Waals surface area contributed by atoms with Gasteiger partial charge in [0.15, 0.2) is 0 Å². The van der Waals surface area contributed by atoms with E-state index in [1.54, 1.807) is 0 Å². The zero-order valence-corrected chi connectivity index (χ0v) is 28.3. The highest BCUT2D eigenvalue weighted by Gasteiger charge is 2.21. The molecule has 0 spiro atoms. The fraction of sp³-hybridized carbons (Fsp3) is 0.0400. The first kappa shape index (κ1) is 29.9. The Kier molecular flexibility index (Phi) is 7.37. The van der Waals surface area contributed by atoms with Crippen LogP contribution in [-0.4, -0.2) is 0 Å². The molecule has 0 aromatic heterocycles. The molecule has 0 N–H and O–H groups in total. The van der Waals surface area contributed by atoms with Crippen LogP contribution in [0, 0.1) is 13.8 Å². The van der Waals surface area contributed by atoms with E-state index < -0.39 is 0 Å². The Labute approximate surface area is 293 Å². The van der Waals surface area contributed by atoms with Crippen molar-refractivity contribution in [3.05, 3.63) is 193 Å². The van der Waals surface area contributed by atoms with E-state index in [2.05, 4.69) is 196 Å². The maximum atomic E-state index is 2.41. The maximum Gasteiger partial charge on any atom is -0.00198 e. The molecule has 0 aliphatic rings. The van der Waals surface area contributed by atoms with Gasteiger partial charge in [-0.25, -0.2) is 0 Å². The van der Waals surface area contributed by atoms with E-state index >= 15 is 0 Å². The summed E-state index contributed by atoms with van der Waals surface area (Å²) in [5.41, 5.74) is 15.0. The molecule has 236 valence electrons. The van der Waals surface area contributed by atoms with Crippen LogP contribution in [-0.2, 0) is 0 Å². The lowest BCUT2D eigenvalue weighted by Crippen LogP contribution is -1.95. The van der Waals surface area contributed by atoms with Crippen LogP contribution in [0.5, 0.6) is 0 Å². The number of hydrogen-bond acceptors (Lipinski definition) is 0. The van der Waals surface area contributed by atoms with E-state index in [4.69, 9.17) is 0 Å². The Balaban J connectivity index is 1.36. The number of aryl methyl sites for hydroxylation is 2. The summed E-state index contributed by atoms with van der Waals surface area (Å²) < 4.78 is 0. The van der Waals surface area contributed by atoms with E-state index in [9.17, 15) is 0 Å². The second-order valence-corrected chi connectivity index (χ2v) is 13.4. The monoisotopic (exact) mass is 636 g/mol. The van der Waals surface area contributed by atoms with Crippen LogP contribution in [0.15, 0.2) is 182 Å². The average Bonchev–Trinajstić information content (AvgIpc) is 3.17. The highest BCUT2D eigenvalue weighted by Crippen LogP contribution is 2.49. The van der Waals surface area contributed by atoms with Gasteiger partial charge in [-0.2, -0.15) is 0 Å². The highest BCUT2D eigenvalue weighted by atomic mass is 14.2. The zero-order valence-electron chi connectivity index (χ0n) is 28.3. The summed E-state index contributed by atoms with van der Waals surface area (Å²) in [5, 5.41) is 7.58. The molecule has 0 radical (unpaired) electrons. The molecular weight excluding hydrogens is 601 g/mol. The van der Waals surface area contributed by atoms with Gasteiger partial charge in [-0.05, 0) is 114 Å². The van der Waals surface area contributed by atoms with Crippen molar-refractivity contribution in [3.8, 4) is 55.6 Å². The van der Waals surface area contributed by atoms with Crippen LogP contribution in [0.2, 0.25) is 0 Å². The molecule has 0 heteroatoms. The number of hydrogen-bond donors (Lipinski definition) is 0. The molecule has 0 saturated carbocycles. The molecule has 0 bridgehead atoms. The van der Waals surface area contributed by atoms with Crippen LogP contribution in [0.1, 0.15) is 11.1 Å². The lowest BCUT2D eigenvalue weighted by atomic mass is 9.81. The van der Waals surface area contributed by atoms with Gasteiger partial charge in [0.2, 0.25) is 0 Å². The highest BCUT2D eigenvalue weighted by molar-refractivity contribution is 6.24. The lowest BCUT2D eigenvalue weighted by Gasteiger charge is -2.22. The van der Waals surface area contributed by atoms with Crippen molar-refractivity contribution in [1.82, 2.24) is 0 Å². The molecule has 0 saturated heterocycles. The second kappa shape index (κ2) is 12.3. The van der Waals surface area contributed by atoms with E-state index in [-0.39, 0.29) is 0 Å². The Morgan fingerprint density at radius 2 is 0.680 bits per heavy atom. The smallest absolute Gasteiger partial charge is 0.00198 e. The largest absolute Gasteiger partial charge is 0.0622 e. The minimum Gasteiger partial charge on any atom is -0.0622 e. The van der Waals surface area contributed by atoms with E-state index in [1.165, 1.54) is 99.1 Å². The molecule has 0 heterocycles. The van der Waals surface area contributed by atoms with Crippen LogP contribution < -0.4 is 0 Å². The van der Waals surface area contributed by atoms with Crippen molar-refractivity contribution < 1.29 is 0 Å². The van der Waals surface area contributed by atoms with Crippen molar-refractivity contribution in [2.24, 2.45) is 0 Å². The van der Waals surface area contributed by atoms with Gasteiger partial charge in [0.05, 0.1) is 0 Å². The molecule has 0 atom stereocenters. The van der Waals surface area contributed by atoms with Crippen LogP contribution in [0.25, 0.3) is 88.0 Å². The SMILES string of the molecule is Cc1ccc2c(-c3cc4ccccc4cc3-c3ccccc3)c3cc(C)ccc3c(-c3ccccc3-c3ccc(-c4ccccc4)cc3)c2c1. The minimum absolute atomic E-state index is 1.21. The Bertz CT molecular complexity index is 2680. The normalized spacial score (nSPS) is 11.4. The molecule has 0 fully saturated rings. The van der Waals surface area contributed by atoms with Gasteiger partial charge in [0, 0.05) is 0 Å². The molecule has 0 aliphatic carbocycles. The summed E-state index contributed by atoms with van der Waals surface area (Å²) in [7, 11) is 0. The third-order valence-electron chi connectivity index (χ3n) is 10.2. The molecule has 9 aromatic carbocycles. The van der Waals surface area contributed by atoms with Gasteiger partial charge in [-0.1, -0.05) is 181 Å². The standard InChI is InChI=1S/C50H36/c1-33-22-28-44-46(29-33)49(42-20-12-11-19-41(42)38-25-23-36(24-26-38)35-13-5-3-6-14-35)43-27-21-34(2)30-47(43)50(44)48-32-40-18-10-9-17-39(40)31-45(48)37-15-7-4-8-16-37/h3-32H,1-2H3. The molecule has 50 heavy (non-hydrogen) atoms. The van der Waals surface area contributed by atoms with E-state index in [0.29, 0.717) is 0 Å². The van der Waals surface area contributed by atoms with Gasteiger partial charge in [0.25, 0.3) is 0 Å². The second-order valence-electron chi connectivity index (χ2n) is 13.4. The summed E-state index contributed by atoms with van der Waals surface area (Å²) in [5.74, 6) is 0. The van der Waals surface area contributed by atoms with Crippen LogP contribution >= 0.6 is 0 Å². The first-order chi connectivity index (χ1) is 24.6. The van der Waals surface area contributed by atoms with Crippen molar-refractivity contribution in [2.45, 2.75) is 13.8 Å². The lowest BCUT2D eigenvalue weighted by molar-refractivity contribution is 1.49. The zero-order chi connectivity index (χ0) is 33.6. The van der Waals surface area contributed by atoms with Crippen molar-refractivity contribution >= 4 is 32.3 Å². The van der Waals surface area contributed by atoms with Crippen LogP contribution in [0.3, 0.4) is 0 Å².